The number of anilines is 1. The van der Waals surface area contributed by atoms with Crippen LogP contribution in [0.1, 0.15) is 44.4 Å². The molecule has 2 aliphatic heterocycles. The first-order valence-corrected chi connectivity index (χ1v) is 10.5. The molecule has 1 amide bonds. The number of piperazine rings is 1. The van der Waals surface area contributed by atoms with E-state index in [1.54, 1.807) is 6.20 Å². The van der Waals surface area contributed by atoms with E-state index >= 15 is 0 Å². The van der Waals surface area contributed by atoms with E-state index in [2.05, 4.69) is 24.9 Å². The Kier molecular flexibility index (Phi) is 4.34. The summed E-state index contributed by atoms with van der Waals surface area (Å²) in [5, 5.41) is 4.72. The lowest BCUT2D eigenvalue weighted by molar-refractivity contribution is -0.137. The van der Waals surface area contributed by atoms with Gasteiger partial charge < -0.3 is 14.3 Å². The first-order valence-electron chi connectivity index (χ1n) is 9.65. The predicted molar refractivity (Wildman–Crippen MR) is 98.0 cm³/mol. The molecule has 2 aromatic rings. The summed E-state index contributed by atoms with van der Waals surface area (Å²) < 4.78 is 17.4. The van der Waals surface area contributed by atoms with Crippen molar-refractivity contribution in [3.63, 3.8) is 0 Å². The van der Waals surface area contributed by atoms with Crippen molar-refractivity contribution in [3.8, 4) is 10.7 Å². The SMILES string of the molecule is O=C(C1CCCCC1)N1CC2CC1CN2c1ncc(-c2noc(CF)n2)s1. The van der Waals surface area contributed by atoms with Gasteiger partial charge in [-0.15, -0.1) is 0 Å². The van der Waals surface area contributed by atoms with E-state index < -0.39 is 6.67 Å². The molecule has 3 aliphatic rings. The lowest BCUT2D eigenvalue weighted by Crippen LogP contribution is -2.50. The van der Waals surface area contributed by atoms with Crippen molar-refractivity contribution < 1.29 is 13.7 Å². The minimum absolute atomic E-state index is 0.0166. The van der Waals surface area contributed by atoms with Crippen LogP contribution in [0, 0.1) is 5.92 Å². The number of amides is 1. The lowest BCUT2D eigenvalue weighted by atomic mass is 9.88. The number of aromatic nitrogens is 3. The lowest BCUT2D eigenvalue weighted by Gasteiger charge is -2.36. The fraction of sp³-hybridized carbons (Fsp3) is 0.667. The van der Waals surface area contributed by atoms with Crippen LogP contribution in [-0.4, -0.2) is 51.1 Å². The Morgan fingerprint density at radius 2 is 2.11 bits per heavy atom. The third kappa shape index (κ3) is 3.01. The van der Waals surface area contributed by atoms with Crippen LogP contribution in [0.5, 0.6) is 0 Å². The fourth-order valence-electron chi connectivity index (χ4n) is 4.67. The Morgan fingerprint density at radius 1 is 1.26 bits per heavy atom. The second kappa shape index (κ2) is 6.85. The number of likely N-dealkylation sites (tertiary alicyclic amines) is 1. The summed E-state index contributed by atoms with van der Waals surface area (Å²) in [6.45, 7) is 0.862. The van der Waals surface area contributed by atoms with Gasteiger partial charge in [0.1, 0.15) is 0 Å². The van der Waals surface area contributed by atoms with E-state index in [0.29, 0.717) is 23.8 Å². The number of hydrogen-bond acceptors (Lipinski definition) is 7. The smallest absolute Gasteiger partial charge is 0.258 e. The average molecular weight is 391 g/mol. The molecule has 5 rings (SSSR count). The van der Waals surface area contributed by atoms with E-state index in [0.717, 1.165) is 42.4 Å². The Hall–Kier alpha value is -2.03. The third-order valence-corrected chi connectivity index (χ3v) is 7.05. The number of rotatable bonds is 4. The molecule has 3 fully saturated rings. The van der Waals surface area contributed by atoms with Crippen molar-refractivity contribution in [2.24, 2.45) is 5.92 Å². The molecule has 7 nitrogen and oxygen atoms in total. The number of carbonyl (C=O) groups is 1. The molecule has 4 heterocycles. The second-order valence-electron chi connectivity index (χ2n) is 7.67. The van der Waals surface area contributed by atoms with E-state index in [-0.39, 0.29) is 11.8 Å². The summed E-state index contributed by atoms with van der Waals surface area (Å²) in [7, 11) is 0. The van der Waals surface area contributed by atoms with Crippen LogP contribution in [-0.2, 0) is 11.5 Å². The van der Waals surface area contributed by atoms with Gasteiger partial charge in [0.15, 0.2) is 11.8 Å². The van der Waals surface area contributed by atoms with Gasteiger partial charge in [-0.05, 0) is 19.3 Å². The van der Waals surface area contributed by atoms with Gasteiger partial charge in [0.25, 0.3) is 5.89 Å². The third-order valence-electron chi connectivity index (χ3n) is 6.02. The number of hydrogen-bond donors (Lipinski definition) is 0. The van der Waals surface area contributed by atoms with E-state index in [1.165, 1.54) is 30.6 Å². The highest BCUT2D eigenvalue weighted by Crippen LogP contribution is 2.39. The summed E-state index contributed by atoms with van der Waals surface area (Å²) in [4.78, 5) is 26.6. The maximum Gasteiger partial charge on any atom is 0.258 e. The molecule has 2 atom stereocenters. The predicted octanol–water partition coefficient (Wildman–Crippen LogP) is 3.03. The summed E-state index contributed by atoms with van der Waals surface area (Å²) in [5.41, 5.74) is 0. The first kappa shape index (κ1) is 17.1. The van der Waals surface area contributed by atoms with Gasteiger partial charge in [0, 0.05) is 19.0 Å². The number of nitrogens with zero attached hydrogens (tertiary/aromatic N) is 5. The first-order chi connectivity index (χ1) is 13.2. The van der Waals surface area contributed by atoms with Crippen LogP contribution >= 0.6 is 11.3 Å². The van der Waals surface area contributed by atoms with Crippen LogP contribution in [0.2, 0.25) is 0 Å². The number of halogens is 1. The number of alkyl halides is 1. The summed E-state index contributed by atoms with van der Waals surface area (Å²) in [6, 6.07) is 0.619. The Bertz CT molecular complexity index is 833. The average Bonchev–Trinajstić information content (AvgIpc) is 3.50. The van der Waals surface area contributed by atoms with Gasteiger partial charge in [-0.1, -0.05) is 35.8 Å². The number of carbonyl (C=O) groups excluding carboxylic acids is 1. The molecule has 27 heavy (non-hydrogen) atoms. The Labute approximate surface area is 160 Å². The Morgan fingerprint density at radius 3 is 2.81 bits per heavy atom. The number of fused-ring (bicyclic) bond motifs is 2. The van der Waals surface area contributed by atoms with Crippen molar-refractivity contribution in [1.82, 2.24) is 20.0 Å². The molecular weight excluding hydrogens is 369 g/mol. The Balaban J connectivity index is 1.26. The molecular formula is C18H22FN5O2S. The van der Waals surface area contributed by atoms with Crippen LogP contribution in [0.4, 0.5) is 9.52 Å². The van der Waals surface area contributed by atoms with Crippen molar-refractivity contribution in [2.45, 2.75) is 57.3 Å². The fourth-order valence-corrected chi connectivity index (χ4v) is 5.59. The van der Waals surface area contributed by atoms with E-state index in [1.807, 2.05) is 0 Å². The zero-order chi connectivity index (χ0) is 18.4. The molecule has 2 saturated heterocycles. The van der Waals surface area contributed by atoms with Gasteiger partial charge in [0.2, 0.25) is 11.7 Å². The minimum atomic E-state index is -0.764. The molecule has 9 heteroatoms. The molecule has 2 bridgehead atoms. The molecule has 0 N–H and O–H groups in total. The topological polar surface area (TPSA) is 75.4 Å². The van der Waals surface area contributed by atoms with Gasteiger partial charge >= 0.3 is 0 Å². The van der Waals surface area contributed by atoms with Crippen LogP contribution in [0.25, 0.3) is 10.7 Å². The monoisotopic (exact) mass is 391 g/mol. The molecule has 2 aromatic heterocycles. The molecule has 1 saturated carbocycles. The van der Waals surface area contributed by atoms with Gasteiger partial charge in [0.05, 0.1) is 23.2 Å². The molecule has 0 spiro atoms. The molecule has 0 radical (unpaired) electrons. The van der Waals surface area contributed by atoms with Crippen LogP contribution in [0.15, 0.2) is 10.7 Å². The molecule has 144 valence electrons. The van der Waals surface area contributed by atoms with E-state index in [9.17, 15) is 9.18 Å². The minimum Gasteiger partial charge on any atom is -0.341 e. The zero-order valence-electron chi connectivity index (χ0n) is 15.0. The summed E-state index contributed by atoms with van der Waals surface area (Å²) in [5.74, 6) is 0.968. The van der Waals surface area contributed by atoms with Crippen molar-refractivity contribution >= 4 is 22.4 Å². The molecule has 2 unspecified atom stereocenters. The second-order valence-corrected chi connectivity index (χ2v) is 8.68. The van der Waals surface area contributed by atoms with Crippen LogP contribution < -0.4 is 4.90 Å². The quantitative estimate of drug-likeness (QED) is 0.797. The summed E-state index contributed by atoms with van der Waals surface area (Å²) >= 11 is 1.49. The highest BCUT2D eigenvalue weighted by atomic mass is 32.1. The van der Waals surface area contributed by atoms with Gasteiger partial charge in [-0.3, -0.25) is 4.79 Å². The summed E-state index contributed by atoms with van der Waals surface area (Å²) in [6.07, 6.45) is 8.48. The van der Waals surface area contributed by atoms with Gasteiger partial charge in [-0.2, -0.15) is 4.98 Å². The van der Waals surface area contributed by atoms with E-state index in [4.69, 9.17) is 4.52 Å². The number of thiazole rings is 1. The highest BCUT2D eigenvalue weighted by Gasteiger charge is 2.47. The van der Waals surface area contributed by atoms with Crippen molar-refractivity contribution in [3.05, 3.63) is 12.1 Å². The van der Waals surface area contributed by atoms with Crippen LogP contribution in [0.3, 0.4) is 0 Å². The normalized spacial score (nSPS) is 25.5. The molecule has 0 aromatic carbocycles. The highest BCUT2D eigenvalue weighted by molar-refractivity contribution is 7.18. The van der Waals surface area contributed by atoms with Crippen molar-refractivity contribution in [1.29, 1.82) is 0 Å². The maximum absolute atomic E-state index is 12.9. The van der Waals surface area contributed by atoms with Crippen molar-refractivity contribution in [2.75, 3.05) is 18.0 Å². The molecule has 1 aliphatic carbocycles. The standard InChI is InChI=1S/C18H22FN5O2S/c19-7-15-21-16(22-26-15)14-8-20-18(27-14)24-10-12-6-13(24)9-23(12)17(25)11-4-2-1-3-5-11/h8,11-13H,1-7,9-10H2. The zero-order valence-corrected chi connectivity index (χ0v) is 15.8. The largest absolute Gasteiger partial charge is 0.341 e. The van der Waals surface area contributed by atoms with Gasteiger partial charge in [-0.25, -0.2) is 9.37 Å². The maximum atomic E-state index is 12.9.